The molecular weight excluding hydrogens is 455 g/mol. The summed E-state index contributed by atoms with van der Waals surface area (Å²) in [6.45, 7) is -0.0759. The molecule has 4 rings (SSSR count). The van der Waals surface area contributed by atoms with E-state index in [2.05, 4.69) is 5.32 Å². The number of aromatic carboxylic acids is 1. The molecule has 1 aliphatic rings. The molecule has 3 aromatic rings. The minimum atomic E-state index is -4.98. The summed E-state index contributed by atoms with van der Waals surface area (Å²) in [5.74, 6) is -2.11. The van der Waals surface area contributed by atoms with Crippen LogP contribution in [0.2, 0.25) is 4.34 Å². The lowest BCUT2D eigenvalue weighted by Gasteiger charge is -2.14. The van der Waals surface area contributed by atoms with E-state index in [0.717, 1.165) is 22.3 Å². The van der Waals surface area contributed by atoms with Crippen LogP contribution in [0.1, 0.15) is 33.0 Å². The number of anilines is 1. The van der Waals surface area contributed by atoms with Crippen LogP contribution in [0, 0.1) is 0 Å². The predicted octanol–water partition coefficient (Wildman–Crippen LogP) is 6.48. The van der Waals surface area contributed by atoms with Gasteiger partial charge in [0.1, 0.15) is 27.1 Å². The summed E-state index contributed by atoms with van der Waals surface area (Å²) in [6.07, 6.45) is -6.06. The highest BCUT2D eigenvalue weighted by molar-refractivity contribution is 7.20. The van der Waals surface area contributed by atoms with Crippen LogP contribution < -0.4 is 5.32 Å². The molecule has 0 radical (unpaired) electrons. The van der Waals surface area contributed by atoms with E-state index in [1.807, 2.05) is 48.5 Å². The Labute approximate surface area is 183 Å². The number of fused-ring (bicyclic) bond motifs is 3. The zero-order valence-electron chi connectivity index (χ0n) is 15.5. The van der Waals surface area contributed by atoms with Crippen molar-refractivity contribution >= 4 is 40.0 Å². The van der Waals surface area contributed by atoms with Crippen molar-refractivity contribution in [2.45, 2.75) is 12.1 Å². The molecule has 2 N–H and O–H groups in total. The summed E-state index contributed by atoms with van der Waals surface area (Å²) in [7, 11) is 0. The minimum Gasteiger partial charge on any atom is -0.478 e. The first-order valence-corrected chi connectivity index (χ1v) is 10.1. The number of benzene rings is 2. The van der Waals surface area contributed by atoms with E-state index in [-0.39, 0.29) is 12.5 Å². The summed E-state index contributed by atoms with van der Waals surface area (Å²) in [5, 5.41) is 10.8. The predicted molar refractivity (Wildman–Crippen MR) is 110 cm³/mol. The molecule has 31 heavy (non-hydrogen) atoms. The number of carbonyl (C=O) groups excluding carboxylic acids is 1. The van der Waals surface area contributed by atoms with Gasteiger partial charge in [-0.1, -0.05) is 60.1 Å². The molecule has 0 saturated heterocycles. The molecule has 0 saturated carbocycles. The van der Waals surface area contributed by atoms with Crippen LogP contribution in [-0.2, 0) is 10.9 Å². The smallest absolute Gasteiger partial charge is 0.419 e. The maximum Gasteiger partial charge on any atom is 0.419 e. The third-order valence-corrected chi connectivity index (χ3v) is 6.24. The number of ether oxygens (including phenoxy) is 1. The molecule has 0 fully saturated rings. The Hall–Kier alpha value is -3.04. The lowest BCUT2D eigenvalue weighted by atomic mass is 9.98. The van der Waals surface area contributed by atoms with Gasteiger partial charge in [0.05, 0.1) is 0 Å². The first-order chi connectivity index (χ1) is 14.7. The van der Waals surface area contributed by atoms with Crippen molar-refractivity contribution in [2.75, 3.05) is 11.9 Å². The molecule has 0 spiro atoms. The van der Waals surface area contributed by atoms with Gasteiger partial charge in [0, 0.05) is 5.92 Å². The summed E-state index contributed by atoms with van der Waals surface area (Å²) in [6, 6.07) is 15.3. The Morgan fingerprint density at radius 3 is 2.13 bits per heavy atom. The van der Waals surface area contributed by atoms with E-state index in [1.54, 1.807) is 0 Å². The van der Waals surface area contributed by atoms with Crippen molar-refractivity contribution in [3.8, 4) is 11.1 Å². The molecule has 10 heteroatoms. The molecule has 1 heterocycles. The molecule has 1 aliphatic carbocycles. The number of hydrogen-bond acceptors (Lipinski definition) is 4. The second-order valence-corrected chi connectivity index (χ2v) is 8.33. The maximum atomic E-state index is 13.2. The lowest BCUT2D eigenvalue weighted by Crippen LogP contribution is -2.19. The molecule has 2 aromatic carbocycles. The standard InChI is InChI=1S/C21H13ClF3NO4S/c22-17-16(21(23,24)25)15(19(27)28)18(31-17)26-20(29)30-9-14-12-7-3-1-5-10(12)11-6-2-4-8-13(11)14/h1-8,14H,9H2,(H,26,29)(H,27,28). The highest BCUT2D eigenvalue weighted by Gasteiger charge is 2.42. The maximum absolute atomic E-state index is 13.2. The van der Waals surface area contributed by atoms with Gasteiger partial charge in [-0.25, -0.2) is 9.59 Å². The largest absolute Gasteiger partial charge is 0.478 e. The van der Waals surface area contributed by atoms with Gasteiger partial charge in [-0.2, -0.15) is 13.2 Å². The van der Waals surface area contributed by atoms with Crippen molar-refractivity contribution < 1.29 is 32.6 Å². The third kappa shape index (κ3) is 3.86. The number of hydrogen-bond donors (Lipinski definition) is 2. The fourth-order valence-corrected chi connectivity index (χ4v) is 5.03. The number of nitrogens with one attached hydrogen (secondary N) is 1. The monoisotopic (exact) mass is 467 g/mol. The zero-order chi connectivity index (χ0) is 22.3. The quantitative estimate of drug-likeness (QED) is 0.460. The average Bonchev–Trinajstić information content (AvgIpc) is 3.21. The Morgan fingerprint density at radius 1 is 1.06 bits per heavy atom. The SMILES string of the molecule is O=C(Nc1sc(Cl)c(C(F)(F)F)c1C(=O)O)OCC1c2ccccc2-c2ccccc21. The van der Waals surface area contributed by atoms with Gasteiger partial charge in [0.25, 0.3) is 0 Å². The van der Waals surface area contributed by atoms with E-state index in [0.29, 0.717) is 11.3 Å². The number of halogens is 4. The lowest BCUT2D eigenvalue weighted by molar-refractivity contribution is -0.137. The number of carboxylic acid groups (broad SMARTS) is 1. The Kier molecular flexibility index (Phi) is 5.40. The third-order valence-electron chi connectivity index (χ3n) is 4.92. The van der Waals surface area contributed by atoms with Crippen LogP contribution in [0.5, 0.6) is 0 Å². The van der Waals surface area contributed by atoms with E-state index >= 15 is 0 Å². The van der Waals surface area contributed by atoms with Gasteiger partial charge in [-0.3, -0.25) is 5.32 Å². The number of amides is 1. The minimum absolute atomic E-state index is 0.0759. The number of alkyl halides is 3. The van der Waals surface area contributed by atoms with Crippen LogP contribution in [-0.4, -0.2) is 23.8 Å². The van der Waals surface area contributed by atoms with Crippen LogP contribution in [0.25, 0.3) is 11.1 Å². The van der Waals surface area contributed by atoms with Crippen LogP contribution >= 0.6 is 22.9 Å². The molecule has 160 valence electrons. The molecule has 5 nitrogen and oxygen atoms in total. The Morgan fingerprint density at radius 2 is 1.61 bits per heavy atom. The van der Waals surface area contributed by atoms with Crippen molar-refractivity contribution in [1.82, 2.24) is 0 Å². The van der Waals surface area contributed by atoms with Gasteiger partial charge in [0.2, 0.25) is 0 Å². The molecular formula is C21H13ClF3NO4S. The number of thiophene rings is 1. The molecule has 0 aliphatic heterocycles. The van der Waals surface area contributed by atoms with Gasteiger partial charge < -0.3 is 9.84 Å². The first kappa shape index (κ1) is 21.2. The summed E-state index contributed by atoms with van der Waals surface area (Å²) in [5.41, 5.74) is 1.33. The van der Waals surface area contributed by atoms with E-state index in [1.165, 1.54) is 0 Å². The summed E-state index contributed by atoms with van der Waals surface area (Å²) >= 11 is 5.91. The van der Waals surface area contributed by atoms with Gasteiger partial charge in [0.15, 0.2) is 0 Å². The van der Waals surface area contributed by atoms with E-state index in [4.69, 9.17) is 16.3 Å². The van der Waals surface area contributed by atoms with Crippen molar-refractivity contribution in [1.29, 1.82) is 0 Å². The molecule has 1 amide bonds. The molecule has 0 atom stereocenters. The highest BCUT2D eigenvalue weighted by Crippen LogP contribution is 2.47. The average molecular weight is 468 g/mol. The number of rotatable bonds is 4. The van der Waals surface area contributed by atoms with Crippen LogP contribution in [0.4, 0.5) is 23.0 Å². The van der Waals surface area contributed by atoms with Crippen molar-refractivity contribution in [3.63, 3.8) is 0 Å². The normalized spacial score (nSPS) is 12.9. The van der Waals surface area contributed by atoms with Crippen molar-refractivity contribution in [3.05, 3.63) is 75.1 Å². The summed E-state index contributed by atoms with van der Waals surface area (Å²) < 4.78 is 44.0. The van der Waals surface area contributed by atoms with E-state index in [9.17, 15) is 27.9 Å². The fraction of sp³-hybridized carbons (Fsp3) is 0.143. The van der Waals surface area contributed by atoms with Gasteiger partial charge >= 0.3 is 18.2 Å². The van der Waals surface area contributed by atoms with Crippen LogP contribution in [0.3, 0.4) is 0 Å². The molecule has 0 bridgehead atoms. The first-order valence-electron chi connectivity index (χ1n) is 8.93. The van der Waals surface area contributed by atoms with Gasteiger partial charge in [-0.15, -0.1) is 11.3 Å². The zero-order valence-corrected chi connectivity index (χ0v) is 17.1. The second kappa shape index (κ2) is 7.90. The van der Waals surface area contributed by atoms with E-state index < -0.39 is 38.7 Å². The number of carboxylic acids is 1. The Bertz CT molecular complexity index is 1150. The van der Waals surface area contributed by atoms with Crippen molar-refractivity contribution in [2.24, 2.45) is 0 Å². The molecule has 0 unspecified atom stereocenters. The fourth-order valence-electron chi connectivity index (χ4n) is 3.68. The number of carbonyl (C=O) groups is 2. The Balaban J connectivity index is 1.55. The topological polar surface area (TPSA) is 75.6 Å². The second-order valence-electron chi connectivity index (χ2n) is 6.71. The molecule has 1 aromatic heterocycles. The summed E-state index contributed by atoms with van der Waals surface area (Å²) in [4.78, 5) is 23.7. The highest BCUT2D eigenvalue weighted by atomic mass is 35.5. The van der Waals surface area contributed by atoms with Gasteiger partial charge in [-0.05, 0) is 22.3 Å². The van der Waals surface area contributed by atoms with Crippen LogP contribution in [0.15, 0.2) is 48.5 Å².